The van der Waals surface area contributed by atoms with Crippen LogP contribution >= 0.6 is 15.9 Å². The number of ether oxygens (including phenoxy) is 2. The molecule has 0 saturated carbocycles. The fourth-order valence-corrected chi connectivity index (χ4v) is 3.51. The molecule has 4 nitrogen and oxygen atoms in total. The Morgan fingerprint density at radius 1 is 1.19 bits per heavy atom. The maximum absolute atomic E-state index is 5.75. The topological polar surface area (TPSA) is 33.7 Å². The minimum absolute atomic E-state index is 0.815. The van der Waals surface area contributed by atoms with Crippen molar-refractivity contribution in [2.45, 2.75) is 19.4 Å². The van der Waals surface area contributed by atoms with Gasteiger partial charge in [-0.05, 0) is 37.2 Å². The van der Waals surface area contributed by atoms with Crippen molar-refractivity contribution in [1.82, 2.24) is 10.2 Å². The van der Waals surface area contributed by atoms with Crippen LogP contribution in [0.3, 0.4) is 0 Å². The normalized spacial score (nSPS) is 18.5. The summed E-state index contributed by atoms with van der Waals surface area (Å²) in [4.78, 5) is 2.48. The average molecular weight is 355 g/mol. The Kier molecular flexibility index (Phi) is 5.52. The molecule has 1 saturated heterocycles. The van der Waals surface area contributed by atoms with E-state index in [0.29, 0.717) is 0 Å². The summed E-state index contributed by atoms with van der Waals surface area (Å²) in [6.45, 7) is 7.81. The average Bonchev–Trinajstić information content (AvgIpc) is 2.96. The summed E-state index contributed by atoms with van der Waals surface area (Å²) in [5.41, 5.74) is 2.60. The fourth-order valence-electron chi connectivity index (χ4n) is 2.95. The second-order valence-corrected chi connectivity index (χ2v) is 6.55. The molecule has 21 heavy (non-hydrogen) atoms. The number of hydrogen-bond donors (Lipinski definition) is 1. The number of nitrogens with zero attached hydrogens (tertiary/aromatic N) is 1. The van der Waals surface area contributed by atoms with Gasteiger partial charge >= 0.3 is 0 Å². The molecule has 0 bridgehead atoms. The zero-order valence-corrected chi connectivity index (χ0v) is 14.0. The van der Waals surface area contributed by atoms with Crippen molar-refractivity contribution in [2.75, 3.05) is 46.0 Å². The van der Waals surface area contributed by atoms with Gasteiger partial charge in [-0.2, -0.15) is 0 Å². The minimum atomic E-state index is 0.815. The molecule has 2 aliphatic heterocycles. The number of benzene rings is 1. The SMILES string of the molecule is Brc1cc2c(c(CNCCCN3CCOCC3)c1)OCC2. The molecule has 3 rings (SSSR count). The molecule has 0 amide bonds. The molecule has 0 unspecified atom stereocenters. The molecule has 116 valence electrons. The Hall–Kier alpha value is -0.620. The van der Waals surface area contributed by atoms with Gasteiger partial charge in [0.15, 0.2) is 0 Å². The van der Waals surface area contributed by atoms with Crippen LogP contribution in [0.15, 0.2) is 16.6 Å². The highest BCUT2D eigenvalue weighted by Gasteiger charge is 2.17. The van der Waals surface area contributed by atoms with E-state index in [1.807, 2.05) is 0 Å². The first-order valence-electron chi connectivity index (χ1n) is 7.78. The van der Waals surface area contributed by atoms with Gasteiger partial charge in [0.05, 0.1) is 19.8 Å². The highest BCUT2D eigenvalue weighted by Crippen LogP contribution is 2.32. The van der Waals surface area contributed by atoms with E-state index in [-0.39, 0.29) is 0 Å². The fraction of sp³-hybridized carbons (Fsp3) is 0.625. The van der Waals surface area contributed by atoms with Gasteiger partial charge in [-0.15, -0.1) is 0 Å². The largest absolute Gasteiger partial charge is 0.493 e. The monoisotopic (exact) mass is 354 g/mol. The van der Waals surface area contributed by atoms with Crippen LogP contribution in [-0.4, -0.2) is 50.9 Å². The number of nitrogens with one attached hydrogen (secondary N) is 1. The van der Waals surface area contributed by atoms with Gasteiger partial charge in [-0.25, -0.2) is 0 Å². The molecule has 2 aliphatic rings. The van der Waals surface area contributed by atoms with Crippen LogP contribution in [0.25, 0.3) is 0 Å². The Morgan fingerprint density at radius 2 is 2.05 bits per heavy atom. The summed E-state index contributed by atoms with van der Waals surface area (Å²) < 4.78 is 12.3. The summed E-state index contributed by atoms with van der Waals surface area (Å²) in [7, 11) is 0. The Labute approximate surface area is 134 Å². The maximum atomic E-state index is 5.75. The van der Waals surface area contributed by atoms with E-state index in [1.165, 1.54) is 17.5 Å². The molecule has 0 radical (unpaired) electrons. The van der Waals surface area contributed by atoms with Crippen LogP contribution in [0.4, 0.5) is 0 Å². The lowest BCUT2D eigenvalue weighted by Gasteiger charge is -2.26. The third-order valence-corrected chi connectivity index (χ3v) is 4.53. The van der Waals surface area contributed by atoms with E-state index in [9.17, 15) is 0 Å². The molecule has 1 fully saturated rings. The van der Waals surface area contributed by atoms with Gasteiger partial charge in [-0.3, -0.25) is 4.90 Å². The predicted octanol–water partition coefficient (Wildman–Crippen LogP) is 2.20. The van der Waals surface area contributed by atoms with Gasteiger partial charge in [-0.1, -0.05) is 15.9 Å². The van der Waals surface area contributed by atoms with Crippen molar-refractivity contribution < 1.29 is 9.47 Å². The van der Waals surface area contributed by atoms with E-state index in [2.05, 4.69) is 38.3 Å². The Balaban J connectivity index is 1.41. The summed E-state index contributed by atoms with van der Waals surface area (Å²) >= 11 is 3.59. The molecule has 5 heteroatoms. The Bertz CT molecular complexity index is 476. The van der Waals surface area contributed by atoms with Crippen molar-refractivity contribution in [3.63, 3.8) is 0 Å². The van der Waals surface area contributed by atoms with E-state index in [0.717, 1.165) is 69.2 Å². The van der Waals surface area contributed by atoms with Crippen LogP contribution in [0.5, 0.6) is 5.75 Å². The summed E-state index contributed by atoms with van der Waals surface area (Å²) in [5, 5.41) is 3.54. The lowest BCUT2D eigenvalue weighted by Crippen LogP contribution is -2.37. The lowest BCUT2D eigenvalue weighted by molar-refractivity contribution is 0.0374. The molecule has 0 aliphatic carbocycles. The summed E-state index contributed by atoms with van der Waals surface area (Å²) in [6, 6.07) is 4.34. The molecule has 0 aromatic heterocycles. The van der Waals surface area contributed by atoms with Crippen molar-refractivity contribution in [2.24, 2.45) is 0 Å². The zero-order chi connectivity index (χ0) is 14.5. The van der Waals surface area contributed by atoms with E-state index < -0.39 is 0 Å². The Morgan fingerprint density at radius 3 is 2.90 bits per heavy atom. The van der Waals surface area contributed by atoms with Crippen LogP contribution in [-0.2, 0) is 17.7 Å². The first-order chi connectivity index (χ1) is 10.3. The predicted molar refractivity (Wildman–Crippen MR) is 86.9 cm³/mol. The van der Waals surface area contributed by atoms with Crippen molar-refractivity contribution >= 4 is 15.9 Å². The maximum Gasteiger partial charge on any atom is 0.127 e. The quantitative estimate of drug-likeness (QED) is 0.794. The second-order valence-electron chi connectivity index (χ2n) is 5.64. The second kappa shape index (κ2) is 7.58. The van der Waals surface area contributed by atoms with E-state index in [1.54, 1.807) is 0 Å². The molecule has 1 N–H and O–H groups in total. The van der Waals surface area contributed by atoms with Crippen LogP contribution < -0.4 is 10.1 Å². The third-order valence-electron chi connectivity index (χ3n) is 4.07. The number of rotatable bonds is 6. The lowest BCUT2D eigenvalue weighted by atomic mass is 10.1. The number of hydrogen-bond acceptors (Lipinski definition) is 4. The van der Waals surface area contributed by atoms with Gasteiger partial charge < -0.3 is 14.8 Å². The molecule has 2 heterocycles. The molecule has 1 aromatic carbocycles. The van der Waals surface area contributed by atoms with Crippen molar-refractivity contribution in [1.29, 1.82) is 0 Å². The molecular weight excluding hydrogens is 332 g/mol. The summed E-state index contributed by atoms with van der Waals surface area (Å²) in [6.07, 6.45) is 2.20. The van der Waals surface area contributed by atoms with Gasteiger partial charge in [0.2, 0.25) is 0 Å². The molecule has 0 atom stereocenters. The first-order valence-corrected chi connectivity index (χ1v) is 8.57. The van der Waals surface area contributed by atoms with Gasteiger partial charge in [0.25, 0.3) is 0 Å². The number of morpholine rings is 1. The zero-order valence-electron chi connectivity index (χ0n) is 12.4. The first kappa shape index (κ1) is 15.3. The number of halogens is 1. The highest BCUT2D eigenvalue weighted by molar-refractivity contribution is 9.10. The van der Waals surface area contributed by atoms with Crippen LogP contribution in [0.1, 0.15) is 17.5 Å². The minimum Gasteiger partial charge on any atom is -0.493 e. The molecule has 1 aromatic rings. The summed E-state index contributed by atoms with van der Waals surface area (Å²) in [5.74, 6) is 1.10. The standard InChI is InChI=1S/C16H23BrN2O2/c17-15-10-13-2-7-21-16(13)14(11-15)12-18-3-1-4-19-5-8-20-9-6-19/h10-11,18H,1-9,12H2. The highest BCUT2D eigenvalue weighted by atomic mass is 79.9. The van der Waals surface area contributed by atoms with Crippen LogP contribution in [0.2, 0.25) is 0 Å². The third kappa shape index (κ3) is 4.19. The van der Waals surface area contributed by atoms with E-state index >= 15 is 0 Å². The smallest absolute Gasteiger partial charge is 0.127 e. The van der Waals surface area contributed by atoms with Crippen molar-refractivity contribution in [3.8, 4) is 5.75 Å². The molecule has 0 spiro atoms. The van der Waals surface area contributed by atoms with Gasteiger partial charge in [0, 0.05) is 36.1 Å². The van der Waals surface area contributed by atoms with Crippen molar-refractivity contribution in [3.05, 3.63) is 27.7 Å². The number of fused-ring (bicyclic) bond motifs is 1. The van der Waals surface area contributed by atoms with Gasteiger partial charge in [0.1, 0.15) is 5.75 Å². The van der Waals surface area contributed by atoms with E-state index in [4.69, 9.17) is 9.47 Å². The van der Waals surface area contributed by atoms with Crippen LogP contribution in [0, 0.1) is 0 Å². The molecular formula is C16H23BrN2O2.